The molecule has 1 atom stereocenters. The highest BCUT2D eigenvalue weighted by Gasteiger charge is 2.29. The van der Waals surface area contributed by atoms with Crippen molar-refractivity contribution in [2.45, 2.75) is 18.8 Å². The quantitative estimate of drug-likeness (QED) is 0.568. The van der Waals surface area contributed by atoms with E-state index < -0.39 is 17.4 Å². The van der Waals surface area contributed by atoms with Crippen LogP contribution in [0.4, 0.5) is 5.69 Å². The molecule has 0 saturated carbocycles. The SMILES string of the molecule is COc1ccc([C@@H]2CC(=O)c3cc(C(=O)Nc4cccc(C(=O)O)c4)c(=O)[nH]c3C2)cc1. The van der Waals surface area contributed by atoms with Crippen LogP contribution < -0.4 is 15.6 Å². The summed E-state index contributed by atoms with van der Waals surface area (Å²) in [6.45, 7) is 0. The Morgan fingerprint density at radius 1 is 1.06 bits per heavy atom. The van der Waals surface area contributed by atoms with E-state index >= 15 is 0 Å². The van der Waals surface area contributed by atoms with Crippen LogP contribution in [0.5, 0.6) is 5.75 Å². The fourth-order valence-corrected chi connectivity index (χ4v) is 3.84. The summed E-state index contributed by atoms with van der Waals surface area (Å²) < 4.78 is 5.16. The summed E-state index contributed by atoms with van der Waals surface area (Å²) in [7, 11) is 1.58. The lowest BCUT2D eigenvalue weighted by Gasteiger charge is -2.24. The van der Waals surface area contributed by atoms with E-state index in [4.69, 9.17) is 9.84 Å². The molecule has 0 saturated heterocycles. The van der Waals surface area contributed by atoms with Gasteiger partial charge in [0.15, 0.2) is 5.78 Å². The lowest BCUT2D eigenvalue weighted by molar-refractivity contribution is 0.0696. The number of hydrogen-bond acceptors (Lipinski definition) is 5. The van der Waals surface area contributed by atoms with Crippen LogP contribution in [0.25, 0.3) is 0 Å². The number of pyridine rings is 1. The first-order valence-corrected chi connectivity index (χ1v) is 9.93. The second kappa shape index (κ2) is 8.50. The Morgan fingerprint density at radius 3 is 2.50 bits per heavy atom. The van der Waals surface area contributed by atoms with E-state index in [9.17, 15) is 19.2 Å². The number of benzene rings is 2. The van der Waals surface area contributed by atoms with Crippen molar-refractivity contribution in [2.75, 3.05) is 12.4 Å². The number of carboxylic acid groups (broad SMARTS) is 1. The maximum absolute atomic E-state index is 12.8. The number of ether oxygens (including phenoxy) is 1. The van der Waals surface area contributed by atoms with E-state index in [1.165, 1.54) is 30.3 Å². The van der Waals surface area contributed by atoms with Gasteiger partial charge < -0.3 is 20.1 Å². The Kier molecular flexibility index (Phi) is 5.59. The van der Waals surface area contributed by atoms with E-state index in [0.29, 0.717) is 23.4 Å². The molecule has 1 heterocycles. The van der Waals surface area contributed by atoms with Crippen molar-refractivity contribution in [1.29, 1.82) is 0 Å². The fraction of sp³-hybridized carbons (Fsp3) is 0.167. The maximum atomic E-state index is 12.8. The Morgan fingerprint density at radius 2 is 1.81 bits per heavy atom. The average molecular weight is 432 g/mol. The molecule has 0 unspecified atom stereocenters. The van der Waals surface area contributed by atoms with Gasteiger partial charge in [0, 0.05) is 23.4 Å². The van der Waals surface area contributed by atoms with Gasteiger partial charge in [0.05, 0.1) is 12.7 Å². The number of nitrogens with one attached hydrogen (secondary N) is 2. The standard InChI is InChI=1S/C24H20N2O6/c1-32-17-7-5-13(6-8-17)15-10-20-18(21(27)11-15)12-19(23(29)26-20)22(28)25-16-4-2-3-14(9-16)24(30)31/h2-9,12,15H,10-11H2,1H3,(H,25,28)(H,26,29)(H,30,31)/t15-/m0/s1. The molecule has 1 amide bonds. The van der Waals surface area contributed by atoms with Crippen LogP contribution in [0.1, 0.15) is 54.7 Å². The van der Waals surface area contributed by atoms with Gasteiger partial charge >= 0.3 is 5.97 Å². The third kappa shape index (κ3) is 4.15. The highest BCUT2D eigenvalue weighted by molar-refractivity contribution is 6.07. The van der Waals surface area contributed by atoms with Gasteiger partial charge in [0.2, 0.25) is 0 Å². The Balaban J connectivity index is 1.59. The van der Waals surface area contributed by atoms with Gasteiger partial charge in [0.1, 0.15) is 11.3 Å². The summed E-state index contributed by atoms with van der Waals surface area (Å²) in [6, 6.07) is 14.4. The molecule has 8 heteroatoms. The van der Waals surface area contributed by atoms with Crippen LogP contribution in [-0.2, 0) is 6.42 Å². The smallest absolute Gasteiger partial charge is 0.335 e. The Hall–Kier alpha value is -4.20. The van der Waals surface area contributed by atoms with Crippen LogP contribution in [0.3, 0.4) is 0 Å². The van der Waals surface area contributed by atoms with Crippen LogP contribution in [0, 0.1) is 0 Å². The molecular weight excluding hydrogens is 412 g/mol. The lowest BCUT2D eigenvalue weighted by Crippen LogP contribution is -2.29. The number of carbonyl (C=O) groups is 3. The zero-order valence-electron chi connectivity index (χ0n) is 17.2. The van der Waals surface area contributed by atoms with Crippen molar-refractivity contribution < 1.29 is 24.2 Å². The number of anilines is 1. The van der Waals surface area contributed by atoms with Gasteiger partial charge in [-0.3, -0.25) is 14.4 Å². The summed E-state index contributed by atoms with van der Waals surface area (Å²) in [6.07, 6.45) is 0.721. The number of H-pyrrole nitrogens is 1. The zero-order valence-corrected chi connectivity index (χ0v) is 17.2. The largest absolute Gasteiger partial charge is 0.497 e. The predicted octanol–water partition coefficient (Wildman–Crippen LogP) is 3.25. The number of rotatable bonds is 5. The number of ketones is 1. The monoisotopic (exact) mass is 432 g/mol. The minimum atomic E-state index is -1.13. The number of carboxylic acids is 1. The third-order valence-electron chi connectivity index (χ3n) is 5.50. The molecule has 2 aromatic carbocycles. The highest BCUT2D eigenvalue weighted by atomic mass is 16.5. The summed E-state index contributed by atoms with van der Waals surface area (Å²) >= 11 is 0. The number of amides is 1. The molecule has 0 fully saturated rings. The van der Waals surface area contributed by atoms with Crippen molar-refractivity contribution in [3.8, 4) is 5.75 Å². The number of methoxy groups -OCH3 is 1. The number of carbonyl (C=O) groups excluding carboxylic acids is 2. The van der Waals surface area contributed by atoms with Crippen molar-refractivity contribution in [1.82, 2.24) is 4.98 Å². The third-order valence-corrected chi connectivity index (χ3v) is 5.50. The molecule has 3 N–H and O–H groups in total. The minimum absolute atomic E-state index is 0.00176. The normalized spacial score (nSPS) is 15.0. The number of aromatic nitrogens is 1. The summed E-state index contributed by atoms with van der Waals surface area (Å²) in [5.74, 6) is -1.39. The number of aromatic amines is 1. The Labute approximate surface area is 182 Å². The van der Waals surface area contributed by atoms with Crippen LogP contribution in [0.2, 0.25) is 0 Å². The van der Waals surface area contributed by atoms with E-state index in [2.05, 4.69) is 10.3 Å². The highest BCUT2D eigenvalue weighted by Crippen LogP contribution is 2.32. The van der Waals surface area contributed by atoms with Gasteiger partial charge in [-0.05, 0) is 54.3 Å². The molecule has 0 radical (unpaired) electrons. The second-order valence-corrected chi connectivity index (χ2v) is 7.55. The lowest BCUT2D eigenvalue weighted by atomic mass is 9.81. The van der Waals surface area contributed by atoms with Crippen molar-refractivity contribution in [2.24, 2.45) is 0 Å². The summed E-state index contributed by atoms with van der Waals surface area (Å²) in [4.78, 5) is 51.9. The first-order chi connectivity index (χ1) is 15.4. The molecular formula is C24H20N2O6. The number of fused-ring (bicyclic) bond motifs is 1. The second-order valence-electron chi connectivity index (χ2n) is 7.55. The maximum Gasteiger partial charge on any atom is 0.335 e. The molecule has 0 bridgehead atoms. The molecule has 8 nitrogen and oxygen atoms in total. The van der Waals surface area contributed by atoms with Crippen molar-refractivity contribution in [3.63, 3.8) is 0 Å². The van der Waals surface area contributed by atoms with E-state index in [-0.39, 0.29) is 34.9 Å². The minimum Gasteiger partial charge on any atom is -0.497 e. The first kappa shape index (κ1) is 21.0. The van der Waals surface area contributed by atoms with Gasteiger partial charge in [-0.15, -0.1) is 0 Å². The Bertz CT molecular complexity index is 1280. The van der Waals surface area contributed by atoms with E-state index in [1.807, 2.05) is 24.3 Å². The molecule has 162 valence electrons. The number of Topliss-reactive ketones (excluding diaryl/α,β-unsaturated/α-hetero) is 1. The van der Waals surface area contributed by atoms with Crippen molar-refractivity contribution in [3.05, 3.63) is 92.9 Å². The molecule has 3 aromatic rings. The topological polar surface area (TPSA) is 126 Å². The van der Waals surface area contributed by atoms with Crippen LogP contribution >= 0.6 is 0 Å². The zero-order chi connectivity index (χ0) is 22.8. The average Bonchev–Trinajstić information content (AvgIpc) is 2.78. The fourth-order valence-electron chi connectivity index (χ4n) is 3.84. The van der Waals surface area contributed by atoms with E-state index in [0.717, 1.165) is 5.56 Å². The molecule has 0 spiro atoms. The first-order valence-electron chi connectivity index (χ1n) is 9.93. The van der Waals surface area contributed by atoms with Crippen LogP contribution in [0.15, 0.2) is 59.4 Å². The molecule has 1 aliphatic rings. The number of hydrogen-bond donors (Lipinski definition) is 3. The predicted molar refractivity (Wildman–Crippen MR) is 117 cm³/mol. The number of aromatic carboxylic acids is 1. The molecule has 1 aliphatic carbocycles. The van der Waals surface area contributed by atoms with Gasteiger partial charge in [-0.1, -0.05) is 18.2 Å². The van der Waals surface area contributed by atoms with E-state index in [1.54, 1.807) is 7.11 Å². The summed E-state index contributed by atoms with van der Waals surface area (Å²) in [5.41, 5.74) is 1.19. The van der Waals surface area contributed by atoms with Crippen molar-refractivity contribution >= 4 is 23.3 Å². The molecule has 32 heavy (non-hydrogen) atoms. The van der Waals surface area contributed by atoms with Gasteiger partial charge in [-0.25, -0.2) is 4.79 Å². The molecule has 0 aliphatic heterocycles. The van der Waals surface area contributed by atoms with Crippen LogP contribution in [-0.4, -0.2) is 34.9 Å². The van der Waals surface area contributed by atoms with Gasteiger partial charge in [-0.2, -0.15) is 0 Å². The van der Waals surface area contributed by atoms with Gasteiger partial charge in [0.25, 0.3) is 11.5 Å². The molecule has 4 rings (SSSR count). The molecule has 1 aromatic heterocycles. The summed E-state index contributed by atoms with van der Waals surface area (Å²) in [5, 5.41) is 11.6.